The summed E-state index contributed by atoms with van der Waals surface area (Å²) < 4.78 is 5.34. The van der Waals surface area contributed by atoms with Gasteiger partial charge in [0.25, 0.3) is 0 Å². The smallest absolute Gasteiger partial charge is 0.119 e. The highest BCUT2D eigenvalue weighted by atomic mass is 16.5. The van der Waals surface area contributed by atoms with Gasteiger partial charge in [-0.2, -0.15) is 0 Å². The zero-order valence-corrected chi connectivity index (χ0v) is 15.6. The Kier molecular flexibility index (Phi) is 4.02. The summed E-state index contributed by atoms with van der Waals surface area (Å²) in [5.74, 6) is 0.871. The molecule has 2 nitrogen and oxygen atoms in total. The van der Waals surface area contributed by atoms with E-state index in [0.717, 1.165) is 27.9 Å². The van der Waals surface area contributed by atoms with Gasteiger partial charge >= 0.3 is 0 Å². The fraction of sp³-hybridized carbons (Fsp3) is 0.0385. The van der Waals surface area contributed by atoms with Crippen molar-refractivity contribution in [1.29, 1.82) is 0 Å². The van der Waals surface area contributed by atoms with Gasteiger partial charge in [0.15, 0.2) is 0 Å². The maximum Gasteiger partial charge on any atom is 0.119 e. The molecular formula is C26H19NO. The highest BCUT2D eigenvalue weighted by Gasteiger charge is 2.10. The summed E-state index contributed by atoms with van der Waals surface area (Å²) in [6, 6.07) is 33.6. The van der Waals surface area contributed by atoms with Crippen LogP contribution in [0.2, 0.25) is 0 Å². The van der Waals surface area contributed by atoms with E-state index in [4.69, 9.17) is 9.72 Å². The van der Waals surface area contributed by atoms with E-state index in [0.29, 0.717) is 0 Å². The van der Waals surface area contributed by atoms with Gasteiger partial charge in [-0.05, 0) is 52.2 Å². The number of hydrogen-bond donors (Lipinski definition) is 0. The molecule has 5 rings (SSSR count). The molecule has 4 aromatic carbocycles. The monoisotopic (exact) mass is 361 g/mol. The molecule has 1 aromatic heterocycles. The first-order valence-electron chi connectivity index (χ1n) is 9.35. The molecule has 1 heterocycles. The number of fused-ring (bicyclic) bond motifs is 2. The second-order valence-electron chi connectivity index (χ2n) is 6.87. The maximum atomic E-state index is 5.34. The van der Waals surface area contributed by atoms with Crippen molar-refractivity contribution < 1.29 is 4.74 Å². The Hall–Kier alpha value is -3.65. The lowest BCUT2D eigenvalue weighted by Gasteiger charge is -2.11. The Balaban J connectivity index is 1.72. The zero-order valence-electron chi connectivity index (χ0n) is 15.6. The number of nitrogens with zero attached hydrogens (tertiary/aromatic N) is 1. The number of benzene rings is 4. The average molecular weight is 361 g/mol. The molecule has 0 aliphatic carbocycles. The molecule has 0 aliphatic rings. The van der Waals surface area contributed by atoms with E-state index in [-0.39, 0.29) is 0 Å². The average Bonchev–Trinajstić information content (AvgIpc) is 2.78. The van der Waals surface area contributed by atoms with Crippen LogP contribution in [0.1, 0.15) is 0 Å². The van der Waals surface area contributed by atoms with Gasteiger partial charge in [0.05, 0.1) is 18.3 Å². The van der Waals surface area contributed by atoms with E-state index in [9.17, 15) is 0 Å². The van der Waals surface area contributed by atoms with Gasteiger partial charge in [-0.1, -0.05) is 66.7 Å². The van der Waals surface area contributed by atoms with Gasteiger partial charge in [0, 0.05) is 10.9 Å². The molecule has 2 heteroatoms. The Morgan fingerprint density at radius 2 is 1.39 bits per heavy atom. The fourth-order valence-corrected chi connectivity index (χ4v) is 3.69. The number of para-hydroxylation sites is 1. The van der Waals surface area contributed by atoms with Crippen LogP contribution in [-0.4, -0.2) is 12.1 Å². The molecule has 0 aliphatic heterocycles. The Morgan fingerprint density at radius 1 is 0.643 bits per heavy atom. The molecular weight excluding hydrogens is 342 g/mol. The van der Waals surface area contributed by atoms with Crippen molar-refractivity contribution in [3.8, 4) is 28.1 Å². The fourth-order valence-electron chi connectivity index (χ4n) is 3.69. The van der Waals surface area contributed by atoms with Gasteiger partial charge in [0.1, 0.15) is 5.75 Å². The molecule has 0 amide bonds. The molecule has 0 saturated heterocycles. The third kappa shape index (κ3) is 2.89. The van der Waals surface area contributed by atoms with E-state index in [1.807, 2.05) is 18.2 Å². The molecule has 0 atom stereocenters. The lowest BCUT2D eigenvalue weighted by Crippen LogP contribution is -1.90. The molecule has 0 N–H and O–H groups in total. The predicted molar refractivity (Wildman–Crippen MR) is 117 cm³/mol. The molecule has 0 bridgehead atoms. The predicted octanol–water partition coefficient (Wildman–Crippen LogP) is 6.73. The number of hydrogen-bond acceptors (Lipinski definition) is 2. The minimum atomic E-state index is 0.871. The highest BCUT2D eigenvalue weighted by Crippen LogP contribution is 2.33. The molecule has 134 valence electrons. The first kappa shape index (κ1) is 16.5. The SMILES string of the molecule is COc1ccc2cc(-c3cc(-c4ccccc4)c4ccccc4n3)ccc2c1. The number of aromatic nitrogens is 1. The van der Waals surface area contributed by atoms with Crippen LogP contribution < -0.4 is 4.74 Å². The van der Waals surface area contributed by atoms with Crippen molar-refractivity contribution in [1.82, 2.24) is 4.98 Å². The topological polar surface area (TPSA) is 22.1 Å². The molecule has 0 spiro atoms. The standard InChI is InChI=1S/C26H19NO/c1-28-22-14-13-19-15-21(12-11-20(19)16-22)26-17-24(18-7-3-2-4-8-18)23-9-5-6-10-25(23)27-26/h2-17H,1H3. The van der Waals surface area contributed by atoms with Gasteiger partial charge in [-0.3, -0.25) is 0 Å². The van der Waals surface area contributed by atoms with Crippen LogP contribution in [0, 0.1) is 0 Å². The van der Waals surface area contributed by atoms with Crippen LogP contribution in [0.25, 0.3) is 44.1 Å². The molecule has 0 unspecified atom stereocenters. The summed E-state index contributed by atoms with van der Waals surface area (Å²) in [6.45, 7) is 0. The second kappa shape index (κ2) is 6.82. The van der Waals surface area contributed by atoms with Gasteiger partial charge in [0.2, 0.25) is 0 Å². The first-order valence-corrected chi connectivity index (χ1v) is 9.35. The lowest BCUT2D eigenvalue weighted by atomic mass is 9.97. The van der Waals surface area contributed by atoms with Crippen LogP contribution in [0.15, 0.2) is 97.1 Å². The van der Waals surface area contributed by atoms with Crippen molar-refractivity contribution in [3.05, 3.63) is 97.1 Å². The highest BCUT2D eigenvalue weighted by molar-refractivity contribution is 5.97. The molecule has 0 fully saturated rings. The van der Waals surface area contributed by atoms with Crippen molar-refractivity contribution in [2.45, 2.75) is 0 Å². The molecule has 5 aromatic rings. The molecule has 0 radical (unpaired) electrons. The quantitative estimate of drug-likeness (QED) is 0.355. The van der Waals surface area contributed by atoms with Gasteiger partial charge in [-0.25, -0.2) is 4.98 Å². The lowest BCUT2D eigenvalue weighted by molar-refractivity contribution is 0.415. The van der Waals surface area contributed by atoms with E-state index >= 15 is 0 Å². The largest absolute Gasteiger partial charge is 0.497 e. The van der Waals surface area contributed by atoms with Crippen molar-refractivity contribution in [2.75, 3.05) is 7.11 Å². The van der Waals surface area contributed by atoms with Crippen LogP contribution in [0.4, 0.5) is 0 Å². The Morgan fingerprint density at radius 3 is 2.25 bits per heavy atom. The Labute approximate surface area is 164 Å². The van der Waals surface area contributed by atoms with Gasteiger partial charge < -0.3 is 4.74 Å². The van der Waals surface area contributed by atoms with Gasteiger partial charge in [-0.15, -0.1) is 0 Å². The number of ether oxygens (including phenoxy) is 1. The second-order valence-corrected chi connectivity index (χ2v) is 6.87. The molecule has 0 saturated carbocycles. The third-order valence-corrected chi connectivity index (χ3v) is 5.14. The van der Waals surface area contributed by atoms with Crippen LogP contribution in [0.5, 0.6) is 5.75 Å². The van der Waals surface area contributed by atoms with Crippen LogP contribution in [-0.2, 0) is 0 Å². The van der Waals surface area contributed by atoms with E-state index < -0.39 is 0 Å². The van der Waals surface area contributed by atoms with Crippen molar-refractivity contribution in [3.63, 3.8) is 0 Å². The molecule has 28 heavy (non-hydrogen) atoms. The first-order chi connectivity index (χ1) is 13.8. The summed E-state index contributed by atoms with van der Waals surface area (Å²) in [5.41, 5.74) is 5.51. The van der Waals surface area contributed by atoms with Crippen molar-refractivity contribution >= 4 is 21.7 Å². The van der Waals surface area contributed by atoms with E-state index in [1.165, 1.54) is 21.9 Å². The maximum absolute atomic E-state index is 5.34. The number of pyridine rings is 1. The summed E-state index contributed by atoms with van der Waals surface area (Å²) in [4.78, 5) is 4.95. The minimum absolute atomic E-state index is 0.871. The Bertz CT molecular complexity index is 1290. The third-order valence-electron chi connectivity index (χ3n) is 5.14. The summed E-state index contributed by atoms with van der Waals surface area (Å²) in [5, 5.41) is 3.50. The minimum Gasteiger partial charge on any atom is -0.497 e. The summed E-state index contributed by atoms with van der Waals surface area (Å²) in [7, 11) is 1.69. The number of rotatable bonds is 3. The summed E-state index contributed by atoms with van der Waals surface area (Å²) in [6.07, 6.45) is 0. The zero-order chi connectivity index (χ0) is 18.9. The van der Waals surface area contributed by atoms with E-state index in [2.05, 4.69) is 78.9 Å². The van der Waals surface area contributed by atoms with Crippen molar-refractivity contribution in [2.24, 2.45) is 0 Å². The van der Waals surface area contributed by atoms with Crippen LogP contribution >= 0.6 is 0 Å². The number of methoxy groups -OCH3 is 1. The van der Waals surface area contributed by atoms with E-state index in [1.54, 1.807) is 7.11 Å². The summed E-state index contributed by atoms with van der Waals surface area (Å²) >= 11 is 0. The normalized spacial score (nSPS) is 11.0. The van der Waals surface area contributed by atoms with Crippen LogP contribution in [0.3, 0.4) is 0 Å².